The first kappa shape index (κ1) is 20.3. The second-order valence-electron chi connectivity index (χ2n) is 8.10. The third kappa shape index (κ3) is 4.34. The molecular formula is C23H30N2O3. The first-order chi connectivity index (χ1) is 13.4. The molecule has 3 rings (SSSR count). The molecule has 28 heavy (non-hydrogen) atoms. The SMILES string of the molecule is CC(=O)N(CCC1=CCCCC1)C1CC(=O)N(c2ccc(C(C)C)cc2)C1=O. The Bertz CT molecular complexity index is 780. The zero-order chi connectivity index (χ0) is 20.3. The Hall–Kier alpha value is -2.43. The molecule has 3 amide bonds. The molecule has 0 N–H and O–H groups in total. The summed E-state index contributed by atoms with van der Waals surface area (Å²) in [6, 6.07) is 6.84. The highest BCUT2D eigenvalue weighted by molar-refractivity contribution is 6.23. The summed E-state index contributed by atoms with van der Waals surface area (Å²) in [5.74, 6) is -0.306. The average Bonchev–Trinajstić information content (AvgIpc) is 2.96. The van der Waals surface area contributed by atoms with Crippen molar-refractivity contribution in [1.82, 2.24) is 4.90 Å². The van der Waals surface area contributed by atoms with Gasteiger partial charge in [0, 0.05) is 13.5 Å². The van der Waals surface area contributed by atoms with Gasteiger partial charge in [0.05, 0.1) is 12.1 Å². The molecule has 1 aromatic rings. The van der Waals surface area contributed by atoms with Gasteiger partial charge in [-0.15, -0.1) is 0 Å². The molecule has 0 bridgehead atoms. The summed E-state index contributed by atoms with van der Waals surface area (Å²) in [5.41, 5.74) is 3.10. The quantitative estimate of drug-likeness (QED) is 0.548. The summed E-state index contributed by atoms with van der Waals surface area (Å²) in [4.78, 5) is 40.7. The van der Waals surface area contributed by atoms with Crippen LogP contribution >= 0.6 is 0 Å². The summed E-state index contributed by atoms with van der Waals surface area (Å²) in [7, 11) is 0. The summed E-state index contributed by atoms with van der Waals surface area (Å²) in [6.45, 7) is 6.17. The minimum absolute atomic E-state index is 0.0589. The van der Waals surface area contributed by atoms with E-state index in [1.54, 1.807) is 4.90 Å². The number of hydrogen-bond acceptors (Lipinski definition) is 3. The lowest BCUT2D eigenvalue weighted by atomic mass is 9.97. The van der Waals surface area contributed by atoms with Crippen molar-refractivity contribution < 1.29 is 14.4 Å². The molecule has 5 heteroatoms. The number of benzene rings is 1. The molecule has 1 aliphatic carbocycles. The lowest BCUT2D eigenvalue weighted by Crippen LogP contribution is -2.45. The van der Waals surface area contributed by atoms with E-state index in [4.69, 9.17) is 0 Å². The van der Waals surface area contributed by atoms with Gasteiger partial charge < -0.3 is 4.90 Å². The van der Waals surface area contributed by atoms with E-state index in [1.165, 1.54) is 30.2 Å². The minimum Gasteiger partial charge on any atom is -0.330 e. The molecule has 0 aromatic heterocycles. The average molecular weight is 383 g/mol. The van der Waals surface area contributed by atoms with Gasteiger partial charge in [-0.3, -0.25) is 14.4 Å². The number of amides is 3. The zero-order valence-corrected chi connectivity index (χ0v) is 17.1. The molecule has 1 heterocycles. The van der Waals surface area contributed by atoms with Crippen molar-refractivity contribution in [2.75, 3.05) is 11.4 Å². The van der Waals surface area contributed by atoms with Gasteiger partial charge in [0.25, 0.3) is 5.91 Å². The smallest absolute Gasteiger partial charge is 0.257 e. The number of nitrogens with zero attached hydrogens (tertiary/aromatic N) is 2. The maximum Gasteiger partial charge on any atom is 0.257 e. The van der Waals surface area contributed by atoms with Crippen LogP contribution in [0.5, 0.6) is 0 Å². The molecule has 150 valence electrons. The molecule has 1 unspecified atom stereocenters. The fraction of sp³-hybridized carbons (Fsp3) is 0.522. The number of imide groups is 1. The Morgan fingerprint density at radius 2 is 1.89 bits per heavy atom. The Balaban J connectivity index is 1.74. The topological polar surface area (TPSA) is 57.7 Å². The van der Waals surface area contributed by atoms with E-state index in [2.05, 4.69) is 19.9 Å². The van der Waals surface area contributed by atoms with Gasteiger partial charge in [0.1, 0.15) is 6.04 Å². The third-order valence-corrected chi connectivity index (χ3v) is 5.78. The molecule has 0 spiro atoms. The van der Waals surface area contributed by atoms with E-state index in [-0.39, 0.29) is 24.1 Å². The third-order valence-electron chi connectivity index (χ3n) is 5.78. The number of carbonyl (C=O) groups is 3. The minimum atomic E-state index is -0.695. The van der Waals surface area contributed by atoms with Gasteiger partial charge in [-0.05, 0) is 55.7 Å². The molecule has 1 saturated heterocycles. The van der Waals surface area contributed by atoms with E-state index >= 15 is 0 Å². The summed E-state index contributed by atoms with van der Waals surface area (Å²) in [6.07, 6.45) is 7.66. The van der Waals surface area contributed by atoms with E-state index < -0.39 is 6.04 Å². The molecule has 5 nitrogen and oxygen atoms in total. The van der Waals surface area contributed by atoms with Crippen LogP contribution in [-0.4, -0.2) is 35.2 Å². The van der Waals surface area contributed by atoms with Crippen LogP contribution in [0.3, 0.4) is 0 Å². The van der Waals surface area contributed by atoms with Crippen LogP contribution < -0.4 is 4.90 Å². The van der Waals surface area contributed by atoms with Crippen LogP contribution in [0.25, 0.3) is 0 Å². The lowest BCUT2D eigenvalue weighted by molar-refractivity contribution is -0.136. The molecule has 1 atom stereocenters. The maximum absolute atomic E-state index is 13.0. The predicted molar refractivity (Wildman–Crippen MR) is 110 cm³/mol. The normalized spacial score (nSPS) is 19.9. The van der Waals surface area contributed by atoms with E-state index in [0.717, 1.165) is 24.8 Å². The molecule has 1 fully saturated rings. The Kier molecular flexibility index (Phi) is 6.32. The Morgan fingerprint density at radius 3 is 2.46 bits per heavy atom. The largest absolute Gasteiger partial charge is 0.330 e. The van der Waals surface area contributed by atoms with Crippen molar-refractivity contribution in [2.45, 2.75) is 71.3 Å². The van der Waals surface area contributed by atoms with Gasteiger partial charge in [-0.25, -0.2) is 4.90 Å². The van der Waals surface area contributed by atoms with Gasteiger partial charge in [-0.2, -0.15) is 0 Å². The first-order valence-electron chi connectivity index (χ1n) is 10.3. The van der Waals surface area contributed by atoms with Crippen LogP contribution in [0, 0.1) is 0 Å². The molecule has 0 radical (unpaired) electrons. The summed E-state index contributed by atoms with van der Waals surface area (Å²) < 4.78 is 0. The first-order valence-corrected chi connectivity index (χ1v) is 10.3. The fourth-order valence-corrected chi connectivity index (χ4v) is 4.07. The van der Waals surface area contributed by atoms with E-state index in [9.17, 15) is 14.4 Å². The number of anilines is 1. The van der Waals surface area contributed by atoms with Gasteiger partial charge in [0.2, 0.25) is 11.8 Å². The van der Waals surface area contributed by atoms with Crippen LogP contribution in [0.1, 0.15) is 70.8 Å². The van der Waals surface area contributed by atoms with Gasteiger partial charge in [-0.1, -0.05) is 37.6 Å². The maximum atomic E-state index is 13.0. The molecule has 1 aliphatic heterocycles. The molecule has 0 saturated carbocycles. The number of allylic oxidation sites excluding steroid dienone is 1. The van der Waals surface area contributed by atoms with Crippen LogP contribution in [-0.2, 0) is 14.4 Å². The van der Waals surface area contributed by atoms with E-state index in [1.807, 2.05) is 24.3 Å². The van der Waals surface area contributed by atoms with E-state index in [0.29, 0.717) is 18.2 Å². The van der Waals surface area contributed by atoms with Crippen molar-refractivity contribution in [3.8, 4) is 0 Å². The van der Waals surface area contributed by atoms with Gasteiger partial charge >= 0.3 is 0 Å². The van der Waals surface area contributed by atoms with Crippen molar-refractivity contribution in [3.05, 3.63) is 41.5 Å². The number of rotatable bonds is 6. The molecule has 2 aliphatic rings. The van der Waals surface area contributed by atoms with Crippen molar-refractivity contribution >= 4 is 23.4 Å². The molecule has 1 aromatic carbocycles. The van der Waals surface area contributed by atoms with Crippen molar-refractivity contribution in [2.24, 2.45) is 0 Å². The lowest BCUT2D eigenvalue weighted by Gasteiger charge is -2.27. The van der Waals surface area contributed by atoms with Crippen molar-refractivity contribution in [1.29, 1.82) is 0 Å². The Labute approximate surface area is 167 Å². The second-order valence-corrected chi connectivity index (χ2v) is 8.10. The highest BCUT2D eigenvalue weighted by atomic mass is 16.2. The fourth-order valence-electron chi connectivity index (χ4n) is 4.07. The second kappa shape index (κ2) is 8.72. The zero-order valence-electron chi connectivity index (χ0n) is 17.1. The predicted octanol–water partition coefficient (Wildman–Crippen LogP) is 4.18. The standard InChI is InChI=1S/C23H30N2O3/c1-16(2)19-9-11-20(12-10-19)25-22(27)15-21(23(25)28)24(17(3)26)14-13-18-7-5-4-6-8-18/h7,9-12,16,21H,4-6,8,13-15H2,1-3H3. The Morgan fingerprint density at radius 1 is 1.18 bits per heavy atom. The highest BCUT2D eigenvalue weighted by Crippen LogP contribution is 2.28. The summed E-state index contributed by atoms with van der Waals surface area (Å²) >= 11 is 0. The number of carbonyl (C=O) groups excluding carboxylic acids is 3. The monoisotopic (exact) mass is 382 g/mol. The molecular weight excluding hydrogens is 352 g/mol. The highest BCUT2D eigenvalue weighted by Gasteiger charge is 2.43. The van der Waals surface area contributed by atoms with Crippen LogP contribution in [0.15, 0.2) is 35.9 Å². The van der Waals surface area contributed by atoms with Crippen LogP contribution in [0.2, 0.25) is 0 Å². The van der Waals surface area contributed by atoms with Crippen LogP contribution in [0.4, 0.5) is 5.69 Å². The summed E-state index contributed by atoms with van der Waals surface area (Å²) in [5, 5.41) is 0. The van der Waals surface area contributed by atoms with Gasteiger partial charge in [0.15, 0.2) is 0 Å². The van der Waals surface area contributed by atoms with Crippen molar-refractivity contribution in [3.63, 3.8) is 0 Å². The number of hydrogen-bond donors (Lipinski definition) is 0.